The molecular formula is C21H24N4O3S. The molecule has 1 heterocycles. The third-order valence-corrected chi connectivity index (χ3v) is 5.18. The zero-order valence-electron chi connectivity index (χ0n) is 16.7. The number of hydrogen-bond donors (Lipinski definition) is 1. The second-order valence-corrected chi connectivity index (χ2v) is 7.25. The zero-order chi connectivity index (χ0) is 20.6. The number of anilines is 1. The molecule has 3 rings (SSSR count). The molecule has 0 saturated carbocycles. The van der Waals surface area contributed by atoms with Crippen LogP contribution in [0.3, 0.4) is 0 Å². The van der Waals surface area contributed by atoms with Crippen LogP contribution in [0.4, 0.5) is 5.69 Å². The van der Waals surface area contributed by atoms with Crippen LogP contribution in [0.5, 0.6) is 11.5 Å². The Kier molecular flexibility index (Phi) is 7.13. The van der Waals surface area contributed by atoms with Crippen molar-refractivity contribution in [1.82, 2.24) is 14.8 Å². The van der Waals surface area contributed by atoms with Crippen LogP contribution in [0.15, 0.2) is 53.7 Å². The summed E-state index contributed by atoms with van der Waals surface area (Å²) in [5.41, 5.74) is 1.79. The van der Waals surface area contributed by atoms with Gasteiger partial charge in [-0.15, -0.1) is 10.2 Å². The minimum absolute atomic E-state index is 0.111. The van der Waals surface area contributed by atoms with Crippen molar-refractivity contribution in [2.24, 2.45) is 7.05 Å². The van der Waals surface area contributed by atoms with Gasteiger partial charge in [0.05, 0.1) is 12.4 Å². The first-order valence-electron chi connectivity index (χ1n) is 9.29. The summed E-state index contributed by atoms with van der Waals surface area (Å²) in [5, 5.41) is 11.9. The van der Waals surface area contributed by atoms with Gasteiger partial charge in [0.2, 0.25) is 5.91 Å². The Balaban J connectivity index is 1.50. The monoisotopic (exact) mass is 412 g/mol. The van der Waals surface area contributed by atoms with Crippen LogP contribution in [0, 0.1) is 6.92 Å². The molecule has 1 N–H and O–H groups in total. The van der Waals surface area contributed by atoms with Crippen molar-refractivity contribution in [3.63, 3.8) is 0 Å². The molecule has 0 aliphatic carbocycles. The molecule has 0 saturated heterocycles. The molecule has 1 aromatic heterocycles. The Morgan fingerprint density at radius 2 is 1.86 bits per heavy atom. The Hall–Kier alpha value is -3.00. The maximum atomic E-state index is 12.2. The van der Waals surface area contributed by atoms with Crippen LogP contribution in [-0.2, 0) is 18.4 Å². The minimum Gasteiger partial charge on any atom is -0.494 e. The average Bonchev–Trinajstić information content (AvgIpc) is 3.07. The normalized spacial score (nSPS) is 10.6. The molecule has 152 valence electrons. The predicted molar refractivity (Wildman–Crippen MR) is 113 cm³/mol. The quantitative estimate of drug-likeness (QED) is 0.538. The van der Waals surface area contributed by atoms with Crippen LogP contribution in [0.1, 0.15) is 18.3 Å². The first-order valence-corrected chi connectivity index (χ1v) is 10.3. The van der Waals surface area contributed by atoms with Crippen LogP contribution < -0.4 is 14.8 Å². The molecular weight excluding hydrogens is 388 g/mol. The predicted octanol–water partition coefficient (Wildman–Crippen LogP) is 3.83. The van der Waals surface area contributed by atoms with Gasteiger partial charge in [0, 0.05) is 12.7 Å². The van der Waals surface area contributed by atoms with E-state index in [1.165, 1.54) is 11.8 Å². The van der Waals surface area contributed by atoms with Crippen molar-refractivity contribution < 1.29 is 14.3 Å². The number of thioether (sulfide) groups is 1. The lowest BCUT2D eigenvalue weighted by atomic mass is 10.2. The Labute approximate surface area is 174 Å². The van der Waals surface area contributed by atoms with E-state index in [1.54, 1.807) is 0 Å². The van der Waals surface area contributed by atoms with Crippen LogP contribution in [0.2, 0.25) is 0 Å². The van der Waals surface area contributed by atoms with E-state index in [1.807, 2.05) is 74.0 Å². The molecule has 7 nitrogen and oxygen atoms in total. The van der Waals surface area contributed by atoms with E-state index < -0.39 is 0 Å². The van der Waals surface area contributed by atoms with E-state index >= 15 is 0 Å². The second-order valence-electron chi connectivity index (χ2n) is 6.31. The first-order chi connectivity index (χ1) is 14.1. The van der Waals surface area contributed by atoms with Gasteiger partial charge in [-0.2, -0.15) is 0 Å². The first kappa shape index (κ1) is 20.7. The number of hydrogen-bond acceptors (Lipinski definition) is 6. The number of benzene rings is 2. The van der Waals surface area contributed by atoms with Gasteiger partial charge >= 0.3 is 0 Å². The Morgan fingerprint density at radius 1 is 1.10 bits per heavy atom. The van der Waals surface area contributed by atoms with Crippen molar-refractivity contribution in [1.29, 1.82) is 0 Å². The fourth-order valence-corrected chi connectivity index (χ4v) is 3.32. The number of nitrogens with zero attached hydrogens (tertiary/aromatic N) is 3. The Bertz CT molecular complexity index is 957. The molecule has 2 aromatic carbocycles. The van der Waals surface area contributed by atoms with E-state index in [0.717, 1.165) is 22.7 Å². The highest BCUT2D eigenvalue weighted by Crippen LogP contribution is 2.20. The number of rotatable bonds is 9. The molecule has 0 radical (unpaired) electrons. The third-order valence-electron chi connectivity index (χ3n) is 4.16. The number of nitrogens with one attached hydrogen (secondary N) is 1. The lowest BCUT2D eigenvalue weighted by molar-refractivity contribution is -0.113. The molecule has 1 amide bonds. The van der Waals surface area contributed by atoms with Crippen molar-refractivity contribution >= 4 is 23.4 Å². The van der Waals surface area contributed by atoms with E-state index in [4.69, 9.17) is 9.47 Å². The zero-order valence-corrected chi connectivity index (χ0v) is 17.5. The highest BCUT2D eigenvalue weighted by molar-refractivity contribution is 7.99. The number of amides is 1. The molecule has 0 aliphatic heterocycles. The summed E-state index contributed by atoms with van der Waals surface area (Å²) < 4.78 is 13.1. The van der Waals surface area contributed by atoms with Crippen molar-refractivity contribution in [3.8, 4) is 11.5 Å². The lowest BCUT2D eigenvalue weighted by Crippen LogP contribution is -2.14. The number of carbonyl (C=O) groups is 1. The SMILES string of the molecule is CCOc1ccc(NC(=O)CSc2nnc(COc3ccccc3C)n2C)cc1. The molecule has 3 aromatic rings. The van der Waals surface area contributed by atoms with E-state index in [9.17, 15) is 4.79 Å². The molecule has 0 aliphatic rings. The summed E-state index contributed by atoms with van der Waals surface area (Å²) in [5.74, 6) is 2.42. The molecule has 29 heavy (non-hydrogen) atoms. The van der Waals surface area contributed by atoms with E-state index in [2.05, 4.69) is 15.5 Å². The topological polar surface area (TPSA) is 78.3 Å². The van der Waals surface area contributed by atoms with E-state index in [0.29, 0.717) is 24.2 Å². The standard InChI is InChI=1S/C21H24N4O3S/c1-4-27-17-11-9-16(10-12-17)22-20(26)14-29-21-24-23-19(25(21)3)13-28-18-8-6-5-7-15(18)2/h5-12H,4,13-14H2,1-3H3,(H,22,26). The van der Waals surface area contributed by atoms with Gasteiger partial charge in [-0.25, -0.2) is 0 Å². The summed E-state index contributed by atoms with van der Waals surface area (Å²) in [4.78, 5) is 12.2. The summed E-state index contributed by atoms with van der Waals surface area (Å²) in [6.45, 7) is 4.85. The van der Waals surface area contributed by atoms with Gasteiger partial charge in [0.25, 0.3) is 0 Å². The fraction of sp³-hybridized carbons (Fsp3) is 0.286. The van der Waals surface area contributed by atoms with Gasteiger partial charge in [-0.1, -0.05) is 30.0 Å². The summed E-state index contributed by atoms with van der Waals surface area (Å²) in [6.07, 6.45) is 0. The van der Waals surface area contributed by atoms with Gasteiger partial charge in [-0.3, -0.25) is 4.79 Å². The molecule has 0 bridgehead atoms. The van der Waals surface area contributed by atoms with Gasteiger partial charge < -0.3 is 19.4 Å². The molecule has 0 atom stereocenters. The number of aromatic nitrogens is 3. The number of aryl methyl sites for hydroxylation is 1. The largest absolute Gasteiger partial charge is 0.494 e. The van der Waals surface area contributed by atoms with Gasteiger partial charge in [-0.05, 0) is 49.7 Å². The fourth-order valence-electron chi connectivity index (χ4n) is 2.59. The van der Waals surface area contributed by atoms with Crippen molar-refractivity contribution in [2.75, 3.05) is 17.7 Å². The lowest BCUT2D eigenvalue weighted by Gasteiger charge is -2.09. The molecule has 0 unspecified atom stereocenters. The van der Waals surface area contributed by atoms with Gasteiger partial charge in [0.1, 0.15) is 18.1 Å². The smallest absolute Gasteiger partial charge is 0.234 e. The molecule has 0 spiro atoms. The summed E-state index contributed by atoms with van der Waals surface area (Å²) in [7, 11) is 1.86. The number of ether oxygens (including phenoxy) is 2. The maximum Gasteiger partial charge on any atom is 0.234 e. The van der Waals surface area contributed by atoms with Crippen LogP contribution in [-0.4, -0.2) is 33.0 Å². The highest BCUT2D eigenvalue weighted by atomic mass is 32.2. The molecule has 0 fully saturated rings. The highest BCUT2D eigenvalue weighted by Gasteiger charge is 2.12. The van der Waals surface area contributed by atoms with Crippen LogP contribution in [0.25, 0.3) is 0 Å². The number of carbonyl (C=O) groups excluding carboxylic acids is 1. The number of para-hydroxylation sites is 1. The minimum atomic E-state index is -0.111. The van der Waals surface area contributed by atoms with Crippen molar-refractivity contribution in [3.05, 3.63) is 59.9 Å². The summed E-state index contributed by atoms with van der Waals surface area (Å²) >= 11 is 1.33. The van der Waals surface area contributed by atoms with Gasteiger partial charge in [0.15, 0.2) is 11.0 Å². The second kappa shape index (κ2) is 9.97. The average molecular weight is 413 g/mol. The third kappa shape index (κ3) is 5.74. The van der Waals surface area contributed by atoms with Crippen molar-refractivity contribution in [2.45, 2.75) is 25.6 Å². The molecule has 8 heteroatoms. The summed E-state index contributed by atoms with van der Waals surface area (Å²) in [6, 6.07) is 15.1. The van der Waals surface area contributed by atoms with E-state index in [-0.39, 0.29) is 11.7 Å². The maximum absolute atomic E-state index is 12.2. The Morgan fingerprint density at radius 3 is 2.59 bits per heavy atom. The van der Waals surface area contributed by atoms with Crippen LogP contribution >= 0.6 is 11.8 Å².